The fourth-order valence-electron chi connectivity index (χ4n) is 3.27. The third-order valence-corrected chi connectivity index (χ3v) is 6.38. The lowest BCUT2D eigenvalue weighted by molar-refractivity contribution is 0.0722. The zero-order valence-electron chi connectivity index (χ0n) is 10.8. The van der Waals surface area contributed by atoms with Gasteiger partial charge in [0.05, 0.1) is 16.2 Å². The van der Waals surface area contributed by atoms with Crippen molar-refractivity contribution in [1.82, 2.24) is 0 Å². The molecule has 0 amide bonds. The molecule has 2 aliphatic rings. The van der Waals surface area contributed by atoms with Gasteiger partial charge < -0.3 is 4.74 Å². The molecule has 0 N–H and O–H groups in total. The summed E-state index contributed by atoms with van der Waals surface area (Å²) in [6.07, 6.45) is 0.167. The van der Waals surface area contributed by atoms with Crippen molar-refractivity contribution >= 4 is 9.84 Å². The van der Waals surface area contributed by atoms with Gasteiger partial charge in [-0.2, -0.15) is 0 Å². The Morgan fingerprint density at radius 1 is 0.900 bits per heavy atom. The van der Waals surface area contributed by atoms with E-state index in [9.17, 15) is 8.42 Å². The van der Waals surface area contributed by atoms with Crippen LogP contribution in [0.15, 0.2) is 59.5 Å². The van der Waals surface area contributed by atoms with Gasteiger partial charge in [-0.15, -0.1) is 0 Å². The molecule has 3 unspecified atom stereocenters. The molecule has 20 heavy (non-hydrogen) atoms. The first-order valence-electron chi connectivity index (χ1n) is 6.71. The van der Waals surface area contributed by atoms with Crippen molar-refractivity contribution in [3.05, 3.63) is 65.7 Å². The molecule has 2 bridgehead atoms. The van der Waals surface area contributed by atoms with Gasteiger partial charge in [0.25, 0.3) is 0 Å². The van der Waals surface area contributed by atoms with Crippen LogP contribution in [0.1, 0.15) is 29.8 Å². The Hall–Kier alpha value is -1.65. The highest BCUT2D eigenvalue weighted by atomic mass is 32.2. The SMILES string of the molecule is O=S(=O)(c1ccccc1)C1CC2OC1c1ccccc12. The number of fused-ring (bicyclic) bond motifs is 5. The van der Waals surface area contributed by atoms with E-state index in [0.29, 0.717) is 11.3 Å². The van der Waals surface area contributed by atoms with Crippen LogP contribution in [0.25, 0.3) is 0 Å². The highest BCUT2D eigenvalue weighted by Crippen LogP contribution is 2.53. The second-order valence-corrected chi connectivity index (χ2v) is 7.47. The molecule has 0 aromatic heterocycles. The van der Waals surface area contributed by atoms with Crippen molar-refractivity contribution in [2.45, 2.75) is 28.8 Å². The number of hydrogen-bond acceptors (Lipinski definition) is 3. The van der Waals surface area contributed by atoms with Crippen LogP contribution in [-0.4, -0.2) is 13.7 Å². The topological polar surface area (TPSA) is 43.4 Å². The molecule has 0 aliphatic carbocycles. The van der Waals surface area contributed by atoms with E-state index in [4.69, 9.17) is 4.74 Å². The van der Waals surface area contributed by atoms with Crippen LogP contribution in [0.2, 0.25) is 0 Å². The summed E-state index contributed by atoms with van der Waals surface area (Å²) in [5, 5.41) is -0.468. The van der Waals surface area contributed by atoms with Crippen LogP contribution in [0.4, 0.5) is 0 Å². The minimum absolute atomic E-state index is 0.0697. The molecule has 1 saturated heterocycles. The predicted octanol–water partition coefficient (Wildman–Crippen LogP) is 3.05. The number of benzene rings is 2. The maximum Gasteiger partial charge on any atom is 0.184 e. The minimum atomic E-state index is -3.34. The Morgan fingerprint density at radius 2 is 1.55 bits per heavy atom. The first-order chi connectivity index (χ1) is 9.68. The quantitative estimate of drug-likeness (QED) is 0.852. The molecule has 102 valence electrons. The van der Waals surface area contributed by atoms with Gasteiger partial charge in [-0.3, -0.25) is 0 Å². The molecule has 0 radical (unpaired) electrons. The third kappa shape index (κ3) is 1.58. The first-order valence-corrected chi connectivity index (χ1v) is 8.26. The van der Waals surface area contributed by atoms with E-state index in [1.54, 1.807) is 24.3 Å². The second-order valence-electron chi connectivity index (χ2n) is 5.31. The number of ether oxygens (including phenoxy) is 1. The van der Waals surface area contributed by atoms with E-state index in [-0.39, 0.29) is 12.2 Å². The van der Waals surface area contributed by atoms with Crippen molar-refractivity contribution in [3.8, 4) is 0 Å². The molecule has 2 aromatic carbocycles. The van der Waals surface area contributed by atoms with Gasteiger partial charge >= 0.3 is 0 Å². The summed E-state index contributed by atoms with van der Waals surface area (Å²) in [5.74, 6) is 0. The van der Waals surface area contributed by atoms with E-state index in [2.05, 4.69) is 0 Å². The van der Waals surface area contributed by atoms with E-state index < -0.39 is 15.1 Å². The van der Waals surface area contributed by atoms with Gasteiger partial charge in [0.15, 0.2) is 9.84 Å². The summed E-state index contributed by atoms with van der Waals surface area (Å²) in [5.41, 5.74) is 2.19. The van der Waals surface area contributed by atoms with Crippen LogP contribution in [0, 0.1) is 0 Å². The monoisotopic (exact) mass is 286 g/mol. The largest absolute Gasteiger partial charge is 0.364 e. The average Bonchev–Trinajstić information content (AvgIpc) is 3.08. The summed E-state index contributed by atoms with van der Waals surface area (Å²) in [6.45, 7) is 0. The lowest BCUT2D eigenvalue weighted by Gasteiger charge is -2.21. The molecule has 1 fully saturated rings. The van der Waals surface area contributed by atoms with Gasteiger partial charge in [-0.1, -0.05) is 42.5 Å². The van der Waals surface area contributed by atoms with Crippen LogP contribution in [-0.2, 0) is 14.6 Å². The average molecular weight is 286 g/mol. The Kier molecular flexibility index (Phi) is 2.53. The maximum absolute atomic E-state index is 12.8. The van der Waals surface area contributed by atoms with Crippen LogP contribution >= 0.6 is 0 Å². The fourth-order valence-corrected chi connectivity index (χ4v) is 5.12. The third-order valence-electron chi connectivity index (χ3n) is 4.21. The Bertz CT molecular complexity index is 752. The molecule has 3 atom stereocenters. The van der Waals surface area contributed by atoms with Crippen molar-refractivity contribution in [1.29, 1.82) is 0 Å². The molecule has 3 nitrogen and oxygen atoms in total. The molecule has 4 heteroatoms. The summed E-state index contributed by atoms with van der Waals surface area (Å²) in [6, 6.07) is 16.6. The van der Waals surface area contributed by atoms with Crippen molar-refractivity contribution in [3.63, 3.8) is 0 Å². The van der Waals surface area contributed by atoms with Gasteiger partial charge in [0.1, 0.15) is 6.10 Å². The highest BCUT2D eigenvalue weighted by Gasteiger charge is 2.50. The maximum atomic E-state index is 12.8. The zero-order chi connectivity index (χ0) is 13.7. The summed E-state index contributed by atoms with van der Waals surface area (Å²) in [7, 11) is -3.34. The lowest BCUT2D eigenvalue weighted by Crippen LogP contribution is -2.26. The number of sulfone groups is 1. The Balaban J connectivity index is 1.77. The van der Waals surface area contributed by atoms with Crippen LogP contribution < -0.4 is 0 Å². The predicted molar refractivity (Wildman–Crippen MR) is 75.0 cm³/mol. The van der Waals surface area contributed by atoms with E-state index >= 15 is 0 Å². The van der Waals surface area contributed by atoms with E-state index in [1.807, 2.05) is 30.3 Å². The number of hydrogen-bond donors (Lipinski definition) is 0. The molecule has 4 rings (SSSR count). The van der Waals surface area contributed by atoms with Gasteiger partial charge in [-0.05, 0) is 29.7 Å². The molecular weight excluding hydrogens is 272 g/mol. The normalized spacial score (nSPS) is 27.5. The summed E-state index contributed by atoms with van der Waals surface area (Å²) >= 11 is 0. The molecule has 2 aromatic rings. The van der Waals surface area contributed by atoms with Crippen LogP contribution in [0.5, 0.6) is 0 Å². The molecule has 2 heterocycles. The second kappa shape index (κ2) is 4.17. The van der Waals surface area contributed by atoms with E-state index in [0.717, 1.165) is 11.1 Å². The molecule has 2 aliphatic heterocycles. The minimum Gasteiger partial charge on any atom is -0.364 e. The van der Waals surface area contributed by atoms with Crippen LogP contribution in [0.3, 0.4) is 0 Å². The number of rotatable bonds is 2. The van der Waals surface area contributed by atoms with Gasteiger partial charge in [0.2, 0.25) is 0 Å². The smallest absolute Gasteiger partial charge is 0.184 e. The van der Waals surface area contributed by atoms with E-state index in [1.165, 1.54) is 0 Å². The van der Waals surface area contributed by atoms with Crippen molar-refractivity contribution < 1.29 is 13.2 Å². The van der Waals surface area contributed by atoms with Gasteiger partial charge in [0, 0.05) is 0 Å². The molecule has 0 saturated carbocycles. The Morgan fingerprint density at radius 3 is 2.30 bits per heavy atom. The fraction of sp³-hybridized carbons (Fsp3) is 0.250. The summed E-state index contributed by atoms with van der Waals surface area (Å²) in [4.78, 5) is 0.388. The van der Waals surface area contributed by atoms with Crippen molar-refractivity contribution in [2.75, 3.05) is 0 Å². The standard InChI is InChI=1S/C16H14O3S/c17-20(18,11-6-2-1-3-7-11)15-10-14-12-8-4-5-9-13(12)16(15)19-14/h1-9,14-16H,10H2. The highest BCUT2D eigenvalue weighted by molar-refractivity contribution is 7.92. The van der Waals surface area contributed by atoms with Crippen molar-refractivity contribution in [2.24, 2.45) is 0 Å². The lowest BCUT2D eigenvalue weighted by atomic mass is 9.92. The summed E-state index contributed by atoms with van der Waals surface area (Å²) < 4.78 is 31.4. The molecular formula is C16H14O3S. The van der Waals surface area contributed by atoms with Gasteiger partial charge in [-0.25, -0.2) is 8.42 Å². The first kappa shape index (κ1) is 12.1. The Labute approximate surface area is 118 Å². The zero-order valence-corrected chi connectivity index (χ0v) is 11.6. The molecule has 0 spiro atoms.